The maximum absolute atomic E-state index is 12.9. The third-order valence-electron chi connectivity index (χ3n) is 6.98. The number of anilines is 1. The maximum atomic E-state index is 12.9. The van der Waals surface area contributed by atoms with Crippen molar-refractivity contribution >= 4 is 40.0 Å². The highest BCUT2D eigenvalue weighted by Gasteiger charge is 2.35. The van der Waals surface area contributed by atoms with Gasteiger partial charge in [0.2, 0.25) is 5.91 Å². The van der Waals surface area contributed by atoms with Gasteiger partial charge in [-0.1, -0.05) is 6.42 Å². The number of carbonyl (C=O) groups is 2. The Hall–Kier alpha value is -3.32. The van der Waals surface area contributed by atoms with E-state index >= 15 is 0 Å². The Labute approximate surface area is 214 Å². The van der Waals surface area contributed by atoms with Crippen LogP contribution in [-0.4, -0.2) is 40.4 Å². The van der Waals surface area contributed by atoms with Crippen molar-refractivity contribution in [3.63, 3.8) is 0 Å². The number of hydrogen-bond acceptors (Lipinski definition) is 7. The molecule has 2 heterocycles. The summed E-state index contributed by atoms with van der Waals surface area (Å²) in [6.45, 7) is 0. The predicted molar refractivity (Wildman–Crippen MR) is 141 cm³/mol. The summed E-state index contributed by atoms with van der Waals surface area (Å²) in [4.78, 5) is 28.4. The number of nitriles is 1. The van der Waals surface area contributed by atoms with Gasteiger partial charge in [-0.15, -0.1) is 11.8 Å². The zero-order chi connectivity index (χ0) is 25.1. The molecule has 1 aliphatic heterocycles. The van der Waals surface area contributed by atoms with Gasteiger partial charge < -0.3 is 20.8 Å². The van der Waals surface area contributed by atoms with Crippen LogP contribution in [0.15, 0.2) is 48.7 Å². The Bertz CT molecular complexity index is 1290. The van der Waals surface area contributed by atoms with Gasteiger partial charge in [0.15, 0.2) is 5.78 Å². The van der Waals surface area contributed by atoms with Crippen molar-refractivity contribution in [3.8, 4) is 17.6 Å². The molecular weight excluding hydrogens is 474 g/mol. The minimum atomic E-state index is -0.645. The van der Waals surface area contributed by atoms with Crippen molar-refractivity contribution in [2.75, 3.05) is 16.9 Å². The number of aromatic amines is 1. The fraction of sp³-hybridized carbons (Fsp3) is 0.370. The van der Waals surface area contributed by atoms with E-state index in [0.29, 0.717) is 23.6 Å². The molecule has 3 aromatic rings. The van der Waals surface area contributed by atoms with Crippen LogP contribution in [0.2, 0.25) is 0 Å². The summed E-state index contributed by atoms with van der Waals surface area (Å²) in [7, 11) is 0. The molecule has 2 unspecified atom stereocenters. The van der Waals surface area contributed by atoms with Crippen LogP contribution in [0, 0.1) is 23.2 Å². The number of rotatable bonds is 8. The number of benzene rings is 2. The largest absolute Gasteiger partial charge is 0.457 e. The summed E-state index contributed by atoms with van der Waals surface area (Å²) in [5, 5.41) is 16.4. The number of H-pyrrole nitrogens is 1. The zero-order valence-corrected chi connectivity index (χ0v) is 20.6. The van der Waals surface area contributed by atoms with Crippen LogP contribution in [0.5, 0.6) is 11.5 Å². The molecule has 2 fully saturated rings. The van der Waals surface area contributed by atoms with Gasteiger partial charge in [0.25, 0.3) is 0 Å². The Morgan fingerprint density at radius 1 is 1.19 bits per heavy atom. The molecule has 1 aliphatic carbocycles. The first-order chi connectivity index (χ1) is 17.5. The molecule has 5 rings (SSSR count). The molecule has 1 aromatic heterocycles. The first-order valence-corrected chi connectivity index (χ1v) is 13.4. The van der Waals surface area contributed by atoms with Gasteiger partial charge in [-0.3, -0.25) is 14.9 Å². The Morgan fingerprint density at radius 2 is 2.00 bits per heavy atom. The van der Waals surface area contributed by atoms with Crippen LogP contribution >= 0.6 is 11.8 Å². The number of aromatic nitrogens is 1. The van der Waals surface area contributed by atoms with Crippen LogP contribution in [0.4, 0.5) is 5.69 Å². The van der Waals surface area contributed by atoms with E-state index in [0.717, 1.165) is 47.4 Å². The highest BCUT2D eigenvalue weighted by atomic mass is 32.2. The highest BCUT2D eigenvalue weighted by molar-refractivity contribution is 7.99. The quantitative estimate of drug-likeness (QED) is 0.366. The lowest BCUT2D eigenvalue weighted by Crippen LogP contribution is -2.38. The predicted octanol–water partition coefficient (Wildman–Crippen LogP) is 3.94. The van der Waals surface area contributed by atoms with E-state index in [1.807, 2.05) is 48.7 Å². The third-order valence-corrected chi connectivity index (χ3v) is 7.92. The molecule has 9 heteroatoms. The third kappa shape index (κ3) is 5.26. The number of nitrogens with two attached hydrogens (primary N) is 1. The summed E-state index contributed by atoms with van der Waals surface area (Å²) in [5.74, 6) is 2.35. The lowest BCUT2D eigenvalue weighted by Gasteiger charge is -2.17. The fourth-order valence-corrected chi connectivity index (χ4v) is 5.93. The topological polar surface area (TPSA) is 133 Å². The molecule has 1 amide bonds. The van der Waals surface area contributed by atoms with Crippen molar-refractivity contribution in [2.45, 2.75) is 37.8 Å². The number of thioether (sulfide) groups is 1. The summed E-state index contributed by atoms with van der Waals surface area (Å²) in [6.07, 6.45) is 4.71. The van der Waals surface area contributed by atoms with E-state index in [1.54, 1.807) is 11.8 Å². The van der Waals surface area contributed by atoms with Crippen molar-refractivity contribution in [2.24, 2.45) is 17.6 Å². The van der Waals surface area contributed by atoms with Gasteiger partial charge in [-0.2, -0.15) is 5.26 Å². The molecule has 0 spiro atoms. The number of amides is 1. The number of hydrogen-bond donors (Lipinski definition) is 4. The van der Waals surface area contributed by atoms with Crippen LogP contribution in [0.1, 0.15) is 24.8 Å². The summed E-state index contributed by atoms with van der Waals surface area (Å²) >= 11 is 1.71. The standard InChI is InChI=1S/C27H29N5O3S/c28-12-16-2-1-3-21(16)26(33)23(29)10-17-13-30-24-9-8-20(11-22(17)24)35-19-6-4-18(5-7-19)32-27(34)25-14-36-15-31-25/h4-9,11,13,16,21,23,25,30-31H,1-3,10,14-15,29H2,(H,32,34)/t16-,21?,23-,25?/m0/s1. The molecular formula is C27H29N5O3S. The van der Waals surface area contributed by atoms with Gasteiger partial charge in [0, 0.05) is 40.3 Å². The number of carbonyl (C=O) groups excluding carboxylic acids is 2. The molecule has 5 N–H and O–H groups in total. The molecule has 2 aromatic carbocycles. The van der Waals surface area contributed by atoms with Crippen LogP contribution in [0.3, 0.4) is 0 Å². The zero-order valence-electron chi connectivity index (χ0n) is 19.8. The maximum Gasteiger partial charge on any atom is 0.242 e. The minimum Gasteiger partial charge on any atom is -0.457 e. The van der Waals surface area contributed by atoms with Crippen molar-refractivity contribution in [1.82, 2.24) is 10.3 Å². The molecule has 186 valence electrons. The Kier molecular flexibility index (Phi) is 7.28. The average Bonchev–Trinajstić information content (AvgIpc) is 3.66. The van der Waals surface area contributed by atoms with Gasteiger partial charge in [0.1, 0.15) is 11.5 Å². The van der Waals surface area contributed by atoms with Crippen molar-refractivity contribution in [1.29, 1.82) is 5.26 Å². The van der Waals surface area contributed by atoms with E-state index in [9.17, 15) is 14.9 Å². The molecule has 1 saturated heterocycles. The molecule has 2 aliphatic rings. The molecule has 36 heavy (non-hydrogen) atoms. The number of ether oxygens (including phenoxy) is 1. The monoisotopic (exact) mass is 503 g/mol. The second-order valence-corrected chi connectivity index (χ2v) is 10.4. The minimum absolute atomic E-state index is 0.0181. The lowest BCUT2D eigenvalue weighted by molar-refractivity contribution is -0.124. The van der Waals surface area contributed by atoms with Gasteiger partial charge in [0.05, 0.1) is 24.1 Å². The number of nitrogens with zero attached hydrogens (tertiary/aromatic N) is 1. The SMILES string of the molecule is N#C[C@@H]1CCCC1C(=O)[C@@H](N)Cc1c[nH]c2ccc(Oc3ccc(NC(=O)C4CSCN4)cc3)cc12. The smallest absolute Gasteiger partial charge is 0.242 e. The van der Waals surface area contributed by atoms with Gasteiger partial charge >= 0.3 is 0 Å². The summed E-state index contributed by atoms with van der Waals surface area (Å²) < 4.78 is 6.06. The van der Waals surface area contributed by atoms with Gasteiger partial charge in [-0.25, -0.2) is 0 Å². The molecule has 8 nitrogen and oxygen atoms in total. The summed E-state index contributed by atoms with van der Waals surface area (Å²) in [6, 6.07) is 14.5. The van der Waals surface area contributed by atoms with E-state index < -0.39 is 6.04 Å². The van der Waals surface area contributed by atoms with E-state index in [4.69, 9.17) is 10.5 Å². The molecule has 0 bridgehead atoms. The number of nitrogens with one attached hydrogen (secondary N) is 3. The normalized spacial score (nSPS) is 22.3. The fourth-order valence-electron chi connectivity index (χ4n) is 4.99. The van der Waals surface area contributed by atoms with Crippen LogP contribution in [0.25, 0.3) is 10.9 Å². The first-order valence-electron chi connectivity index (χ1n) is 12.2. The summed E-state index contributed by atoms with van der Waals surface area (Å²) in [5.41, 5.74) is 8.90. The lowest BCUT2D eigenvalue weighted by atomic mass is 9.87. The number of ketones is 1. The molecule has 0 radical (unpaired) electrons. The van der Waals surface area contributed by atoms with Crippen LogP contribution < -0.4 is 21.1 Å². The number of fused-ring (bicyclic) bond motifs is 1. The van der Waals surface area contributed by atoms with Crippen molar-refractivity contribution < 1.29 is 14.3 Å². The highest BCUT2D eigenvalue weighted by Crippen LogP contribution is 2.33. The Balaban J connectivity index is 1.24. The van der Waals surface area contributed by atoms with E-state index in [2.05, 4.69) is 21.7 Å². The second-order valence-electron chi connectivity index (χ2n) is 9.39. The number of Topliss-reactive ketones (excluding diaryl/α,β-unsaturated/α-hetero) is 1. The first kappa shape index (κ1) is 24.4. The molecule has 1 saturated carbocycles. The van der Waals surface area contributed by atoms with Crippen LogP contribution in [-0.2, 0) is 16.0 Å². The van der Waals surface area contributed by atoms with Gasteiger partial charge in [-0.05, 0) is 67.3 Å². The van der Waals surface area contributed by atoms with E-state index in [1.165, 1.54) is 0 Å². The average molecular weight is 504 g/mol. The molecule has 4 atom stereocenters. The van der Waals surface area contributed by atoms with E-state index in [-0.39, 0.29) is 29.6 Å². The van der Waals surface area contributed by atoms with Crippen molar-refractivity contribution in [3.05, 3.63) is 54.2 Å². The second kappa shape index (κ2) is 10.7. The Morgan fingerprint density at radius 3 is 2.75 bits per heavy atom.